The highest BCUT2D eigenvalue weighted by Gasteiger charge is 2.30. The number of hydrogen-bond donors (Lipinski definition) is 1. The summed E-state index contributed by atoms with van der Waals surface area (Å²) in [5, 5.41) is 9.29. The summed E-state index contributed by atoms with van der Waals surface area (Å²) in [7, 11) is 0. The summed E-state index contributed by atoms with van der Waals surface area (Å²) in [5.41, 5.74) is 9.36. The number of fused-ring (bicyclic) bond motifs is 1. The van der Waals surface area contributed by atoms with Crippen molar-refractivity contribution in [2.45, 2.75) is 25.6 Å². The number of primary amides is 1. The van der Waals surface area contributed by atoms with Gasteiger partial charge in [0.25, 0.3) is 0 Å². The molecule has 0 radical (unpaired) electrons. The molecule has 2 heterocycles. The van der Waals surface area contributed by atoms with Crippen LogP contribution in [0.5, 0.6) is 0 Å². The van der Waals surface area contributed by atoms with E-state index in [1.54, 1.807) is 6.07 Å². The number of nitrogens with two attached hydrogens (primary N) is 1. The molecule has 0 fully saturated rings. The predicted octanol–water partition coefficient (Wildman–Crippen LogP) is 3.23. The number of furan rings is 1. The molecule has 0 aliphatic carbocycles. The number of nitrogens with zero attached hydrogens (tertiary/aromatic N) is 2. The van der Waals surface area contributed by atoms with Gasteiger partial charge < -0.3 is 10.2 Å². The fourth-order valence-corrected chi connectivity index (χ4v) is 3.63. The van der Waals surface area contributed by atoms with Crippen molar-refractivity contribution in [1.82, 2.24) is 4.90 Å². The van der Waals surface area contributed by atoms with Crippen LogP contribution < -0.4 is 5.73 Å². The average molecular weight is 357 g/mol. The standard InChI is InChI=1S/C22H19N3O2/c23-12-16-6-3-4-8-19(16)21-10-9-18(27-21)14-25-13-17-7-2-1-5-15(17)11-20(25)22(24)26/h1-10,20H,11,13-14H2,(H2,24,26)/t20-/m0/s1. The van der Waals surface area contributed by atoms with Crippen molar-refractivity contribution in [2.24, 2.45) is 5.73 Å². The lowest BCUT2D eigenvalue weighted by molar-refractivity contribution is -0.124. The summed E-state index contributed by atoms with van der Waals surface area (Å²) in [6.45, 7) is 1.13. The summed E-state index contributed by atoms with van der Waals surface area (Å²) >= 11 is 0. The molecule has 0 saturated heterocycles. The molecule has 5 nitrogen and oxygen atoms in total. The summed E-state index contributed by atoms with van der Waals surface area (Å²) in [6.07, 6.45) is 0.607. The van der Waals surface area contributed by atoms with Crippen molar-refractivity contribution in [1.29, 1.82) is 5.26 Å². The second-order valence-electron chi connectivity index (χ2n) is 6.72. The Kier molecular flexibility index (Phi) is 4.49. The van der Waals surface area contributed by atoms with Gasteiger partial charge in [-0.1, -0.05) is 36.4 Å². The average Bonchev–Trinajstić information content (AvgIpc) is 3.15. The predicted molar refractivity (Wildman–Crippen MR) is 101 cm³/mol. The Balaban J connectivity index is 1.60. The van der Waals surface area contributed by atoms with Crippen LogP contribution in [0.2, 0.25) is 0 Å². The molecule has 1 aliphatic rings. The number of benzene rings is 2. The Morgan fingerprint density at radius 1 is 1.11 bits per heavy atom. The van der Waals surface area contributed by atoms with Crippen molar-refractivity contribution in [3.63, 3.8) is 0 Å². The SMILES string of the molecule is N#Cc1ccccc1-c1ccc(CN2Cc3ccccc3C[C@H]2C(N)=O)o1. The molecule has 134 valence electrons. The van der Waals surface area contributed by atoms with E-state index in [0.717, 1.165) is 11.3 Å². The quantitative estimate of drug-likeness (QED) is 0.777. The van der Waals surface area contributed by atoms with Crippen LogP contribution in [0.15, 0.2) is 65.1 Å². The van der Waals surface area contributed by atoms with Crippen LogP contribution in [0.1, 0.15) is 22.5 Å². The summed E-state index contributed by atoms with van der Waals surface area (Å²) in [6, 6.07) is 21.0. The number of amides is 1. The highest BCUT2D eigenvalue weighted by atomic mass is 16.3. The second-order valence-corrected chi connectivity index (χ2v) is 6.72. The highest BCUT2D eigenvalue weighted by Crippen LogP contribution is 2.29. The van der Waals surface area contributed by atoms with Crippen LogP contribution in [-0.2, 0) is 24.3 Å². The Morgan fingerprint density at radius 2 is 1.85 bits per heavy atom. The highest BCUT2D eigenvalue weighted by molar-refractivity contribution is 5.80. The third-order valence-corrected chi connectivity index (χ3v) is 5.01. The summed E-state index contributed by atoms with van der Waals surface area (Å²) < 4.78 is 5.99. The first-order chi connectivity index (χ1) is 13.2. The number of carbonyl (C=O) groups excluding carboxylic acids is 1. The molecule has 2 aromatic carbocycles. The first kappa shape index (κ1) is 17.1. The number of nitriles is 1. The zero-order valence-electron chi connectivity index (χ0n) is 14.8. The largest absolute Gasteiger partial charge is 0.460 e. The minimum Gasteiger partial charge on any atom is -0.460 e. The van der Waals surface area contributed by atoms with Gasteiger partial charge >= 0.3 is 0 Å². The Bertz CT molecular complexity index is 1030. The van der Waals surface area contributed by atoms with Crippen molar-refractivity contribution < 1.29 is 9.21 Å². The van der Waals surface area contributed by atoms with Crippen LogP contribution in [0.4, 0.5) is 0 Å². The van der Waals surface area contributed by atoms with Crippen LogP contribution in [0.25, 0.3) is 11.3 Å². The molecular formula is C22H19N3O2. The van der Waals surface area contributed by atoms with Gasteiger partial charge in [-0.25, -0.2) is 0 Å². The van der Waals surface area contributed by atoms with E-state index in [1.807, 2.05) is 53.4 Å². The fraction of sp³-hybridized carbons (Fsp3) is 0.182. The second kappa shape index (κ2) is 7.10. The molecule has 2 N–H and O–H groups in total. The maximum atomic E-state index is 12.0. The van der Waals surface area contributed by atoms with Gasteiger partial charge in [0.2, 0.25) is 5.91 Å². The molecule has 3 aromatic rings. The van der Waals surface area contributed by atoms with Gasteiger partial charge in [0.1, 0.15) is 11.5 Å². The number of rotatable bonds is 4. The van der Waals surface area contributed by atoms with Crippen molar-refractivity contribution in [2.75, 3.05) is 0 Å². The molecule has 0 unspecified atom stereocenters. The molecule has 0 bridgehead atoms. The van der Waals surface area contributed by atoms with Crippen LogP contribution in [-0.4, -0.2) is 16.8 Å². The van der Waals surface area contributed by atoms with Gasteiger partial charge in [0.15, 0.2) is 0 Å². The Labute approximate surface area is 157 Å². The van der Waals surface area contributed by atoms with Gasteiger partial charge in [-0.2, -0.15) is 5.26 Å². The monoisotopic (exact) mass is 357 g/mol. The molecule has 5 heteroatoms. The normalized spacial score (nSPS) is 16.5. The van der Waals surface area contributed by atoms with E-state index in [0.29, 0.717) is 30.8 Å². The van der Waals surface area contributed by atoms with Gasteiger partial charge in [0, 0.05) is 12.1 Å². The molecule has 1 amide bonds. The van der Waals surface area contributed by atoms with E-state index < -0.39 is 0 Å². The van der Waals surface area contributed by atoms with E-state index in [1.165, 1.54) is 11.1 Å². The Hall–Kier alpha value is -3.36. The van der Waals surface area contributed by atoms with Gasteiger partial charge in [-0.05, 0) is 41.8 Å². The molecule has 27 heavy (non-hydrogen) atoms. The summed E-state index contributed by atoms with van der Waals surface area (Å²) in [4.78, 5) is 14.0. The van der Waals surface area contributed by atoms with E-state index in [2.05, 4.69) is 12.1 Å². The van der Waals surface area contributed by atoms with Crippen LogP contribution >= 0.6 is 0 Å². The molecule has 1 aliphatic heterocycles. The topological polar surface area (TPSA) is 83.3 Å². The van der Waals surface area contributed by atoms with Crippen molar-refractivity contribution in [3.8, 4) is 17.4 Å². The first-order valence-electron chi connectivity index (χ1n) is 8.84. The molecule has 0 saturated carbocycles. The van der Waals surface area contributed by atoms with Crippen molar-refractivity contribution >= 4 is 5.91 Å². The third-order valence-electron chi connectivity index (χ3n) is 5.01. The minimum absolute atomic E-state index is 0.328. The third kappa shape index (κ3) is 3.35. The number of carbonyl (C=O) groups is 1. The molecule has 1 aromatic heterocycles. The van der Waals surface area contributed by atoms with E-state index >= 15 is 0 Å². The molecule has 0 spiro atoms. The van der Waals surface area contributed by atoms with Gasteiger partial charge in [0.05, 0.1) is 24.2 Å². The van der Waals surface area contributed by atoms with E-state index in [4.69, 9.17) is 10.2 Å². The lowest BCUT2D eigenvalue weighted by Gasteiger charge is -2.34. The maximum absolute atomic E-state index is 12.0. The molecular weight excluding hydrogens is 338 g/mol. The summed E-state index contributed by atoms with van der Waals surface area (Å²) in [5.74, 6) is 1.06. The van der Waals surface area contributed by atoms with Gasteiger partial charge in [-0.15, -0.1) is 0 Å². The van der Waals surface area contributed by atoms with E-state index in [-0.39, 0.29) is 11.9 Å². The molecule has 1 atom stereocenters. The maximum Gasteiger partial charge on any atom is 0.235 e. The Morgan fingerprint density at radius 3 is 2.63 bits per heavy atom. The zero-order chi connectivity index (χ0) is 18.8. The molecule has 4 rings (SSSR count). The van der Waals surface area contributed by atoms with Crippen LogP contribution in [0.3, 0.4) is 0 Å². The van der Waals surface area contributed by atoms with Gasteiger partial charge in [-0.3, -0.25) is 9.69 Å². The van der Waals surface area contributed by atoms with E-state index in [9.17, 15) is 10.1 Å². The zero-order valence-corrected chi connectivity index (χ0v) is 14.8. The lowest BCUT2D eigenvalue weighted by atomic mass is 9.93. The number of hydrogen-bond acceptors (Lipinski definition) is 4. The van der Waals surface area contributed by atoms with Crippen molar-refractivity contribution in [3.05, 3.63) is 83.1 Å². The fourth-order valence-electron chi connectivity index (χ4n) is 3.63. The van der Waals surface area contributed by atoms with Crippen LogP contribution in [0, 0.1) is 11.3 Å². The lowest BCUT2D eigenvalue weighted by Crippen LogP contribution is -2.47. The first-order valence-corrected chi connectivity index (χ1v) is 8.84. The smallest absolute Gasteiger partial charge is 0.235 e. The minimum atomic E-state index is -0.361.